The Morgan fingerprint density at radius 3 is 2.50 bits per heavy atom. The number of ketones is 1. The molecule has 0 saturated heterocycles. The topological polar surface area (TPSA) is 42.0 Å². The molecule has 0 saturated carbocycles. The Labute approximate surface area is 162 Å². The van der Waals surface area contributed by atoms with Crippen LogP contribution in [0.15, 0.2) is 91.1 Å². The Hall–Kier alpha value is -3.53. The first-order chi connectivity index (χ1) is 13.7. The van der Waals surface area contributed by atoms with Crippen molar-refractivity contribution in [3.63, 3.8) is 0 Å². The van der Waals surface area contributed by atoms with Gasteiger partial charge in [0.2, 0.25) is 0 Å². The molecule has 4 aromatic rings. The molecule has 4 heteroatoms. The summed E-state index contributed by atoms with van der Waals surface area (Å²) in [6.45, 7) is 0. The van der Waals surface area contributed by atoms with Crippen molar-refractivity contribution in [1.29, 1.82) is 0 Å². The van der Waals surface area contributed by atoms with Crippen molar-refractivity contribution in [2.45, 2.75) is 12.5 Å². The molecule has 1 heterocycles. The fraction of sp³-hybridized carbons (Fsp3) is 0.0833. The van der Waals surface area contributed by atoms with E-state index >= 15 is 0 Å². The van der Waals surface area contributed by atoms with Crippen LogP contribution in [-0.2, 0) is 0 Å². The number of anilines is 1. The van der Waals surface area contributed by atoms with E-state index in [4.69, 9.17) is 0 Å². The summed E-state index contributed by atoms with van der Waals surface area (Å²) < 4.78 is 13.4. The Bertz CT molecular complexity index is 1090. The van der Waals surface area contributed by atoms with E-state index < -0.39 is 0 Å². The van der Waals surface area contributed by atoms with Gasteiger partial charge in [-0.1, -0.05) is 48.5 Å². The maximum absolute atomic E-state index is 13.4. The summed E-state index contributed by atoms with van der Waals surface area (Å²) in [5, 5.41) is 4.45. The van der Waals surface area contributed by atoms with E-state index in [9.17, 15) is 9.18 Å². The number of carbonyl (C=O) groups excluding carboxylic acids is 1. The average molecular weight is 370 g/mol. The van der Waals surface area contributed by atoms with E-state index in [0.29, 0.717) is 5.56 Å². The van der Waals surface area contributed by atoms with Crippen LogP contribution >= 0.6 is 0 Å². The van der Waals surface area contributed by atoms with Crippen molar-refractivity contribution >= 4 is 22.4 Å². The second-order valence-corrected chi connectivity index (χ2v) is 6.65. The molecule has 1 atom stereocenters. The third-order valence-corrected chi connectivity index (χ3v) is 4.70. The fourth-order valence-corrected chi connectivity index (χ4v) is 3.24. The number of aromatic nitrogens is 1. The summed E-state index contributed by atoms with van der Waals surface area (Å²) in [5.74, 6) is -0.265. The zero-order valence-corrected chi connectivity index (χ0v) is 15.2. The predicted molar refractivity (Wildman–Crippen MR) is 110 cm³/mol. The quantitative estimate of drug-likeness (QED) is 0.436. The van der Waals surface area contributed by atoms with Crippen LogP contribution in [0.25, 0.3) is 10.9 Å². The van der Waals surface area contributed by atoms with Crippen LogP contribution in [-0.4, -0.2) is 10.8 Å². The van der Waals surface area contributed by atoms with E-state index in [2.05, 4.69) is 10.3 Å². The number of benzene rings is 3. The van der Waals surface area contributed by atoms with Gasteiger partial charge in [0.15, 0.2) is 5.78 Å². The highest BCUT2D eigenvalue weighted by molar-refractivity contribution is 5.96. The molecule has 0 aliphatic heterocycles. The molecular weight excluding hydrogens is 351 g/mol. The average Bonchev–Trinajstić information content (AvgIpc) is 2.74. The molecule has 0 aliphatic carbocycles. The van der Waals surface area contributed by atoms with Gasteiger partial charge in [0.1, 0.15) is 5.82 Å². The molecule has 0 aliphatic rings. The number of Topliss-reactive ketones (excluding diaryl/α,β-unsaturated/α-hetero) is 1. The van der Waals surface area contributed by atoms with Gasteiger partial charge in [0.05, 0.1) is 11.6 Å². The Morgan fingerprint density at radius 1 is 0.929 bits per heavy atom. The largest absolute Gasteiger partial charge is 0.378 e. The molecule has 0 radical (unpaired) electrons. The van der Waals surface area contributed by atoms with Crippen molar-refractivity contribution in [2.75, 3.05) is 5.32 Å². The molecule has 0 amide bonds. The molecule has 1 aromatic heterocycles. The number of nitrogens with one attached hydrogen (secondary N) is 1. The van der Waals surface area contributed by atoms with Crippen LogP contribution in [0, 0.1) is 5.82 Å². The zero-order valence-electron chi connectivity index (χ0n) is 15.2. The fourth-order valence-electron chi connectivity index (χ4n) is 3.24. The first-order valence-corrected chi connectivity index (χ1v) is 9.14. The Kier molecular flexibility index (Phi) is 5.11. The molecule has 138 valence electrons. The maximum Gasteiger partial charge on any atom is 0.165 e. The van der Waals surface area contributed by atoms with Crippen molar-refractivity contribution in [3.05, 3.63) is 108 Å². The molecule has 4 rings (SSSR count). The first kappa shape index (κ1) is 17.9. The monoisotopic (exact) mass is 370 g/mol. The number of fused-ring (bicyclic) bond motifs is 1. The summed E-state index contributed by atoms with van der Waals surface area (Å²) in [5.41, 5.74) is 3.32. The van der Waals surface area contributed by atoms with Gasteiger partial charge in [0.25, 0.3) is 0 Å². The lowest BCUT2D eigenvalue weighted by Gasteiger charge is -2.20. The van der Waals surface area contributed by atoms with Crippen LogP contribution in [0.4, 0.5) is 10.1 Å². The van der Waals surface area contributed by atoms with E-state index in [1.165, 1.54) is 12.1 Å². The number of halogens is 1. The lowest BCUT2D eigenvalue weighted by molar-refractivity contribution is 0.0976. The third-order valence-electron chi connectivity index (χ3n) is 4.70. The van der Waals surface area contributed by atoms with E-state index in [0.717, 1.165) is 22.2 Å². The Balaban J connectivity index is 1.63. The van der Waals surface area contributed by atoms with E-state index in [1.807, 2.05) is 60.7 Å². The summed E-state index contributed by atoms with van der Waals surface area (Å²) in [6.07, 6.45) is 2.02. The van der Waals surface area contributed by atoms with Gasteiger partial charge in [-0.05, 0) is 42.0 Å². The molecule has 0 bridgehead atoms. The normalized spacial score (nSPS) is 11.9. The van der Waals surface area contributed by atoms with Gasteiger partial charge < -0.3 is 5.32 Å². The van der Waals surface area contributed by atoms with Crippen LogP contribution in [0.5, 0.6) is 0 Å². The number of rotatable bonds is 6. The number of hydrogen-bond acceptors (Lipinski definition) is 3. The van der Waals surface area contributed by atoms with Crippen molar-refractivity contribution in [2.24, 2.45) is 0 Å². The lowest BCUT2D eigenvalue weighted by Crippen LogP contribution is -2.16. The van der Waals surface area contributed by atoms with Gasteiger partial charge in [-0.2, -0.15) is 0 Å². The molecule has 1 N–H and O–H groups in total. The highest BCUT2D eigenvalue weighted by Gasteiger charge is 2.17. The number of nitrogens with zero attached hydrogens (tertiary/aromatic N) is 1. The molecule has 3 nitrogen and oxygen atoms in total. The molecule has 0 fully saturated rings. The Morgan fingerprint density at radius 2 is 1.71 bits per heavy atom. The second kappa shape index (κ2) is 8.01. The van der Waals surface area contributed by atoms with Crippen LogP contribution < -0.4 is 5.32 Å². The van der Waals surface area contributed by atoms with Gasteiger partial charge in [0, 0.05) is 29.3 Å². The van der Waals surface area contributed by atoms with Gasteiger partial charge in [-0.3, -0.25) is 9.78 Å². The smallest absolute Gasteiger partial charge is 0.165 e. The van der Waals surface area contributed by atoms with Gasteiger partial charge >= 0.3 is 0 Å². The molecular formula is C24H19FN2O. The van der Waals surface area contributed by atoms with Crippen LogP contribution in [0.3, 0.4) is 0 Å². The molecule has 1 unspecified atom stereocenters. The van der Waals surface area contributed by atoms with Crippen LogP contribution in [0.1, 0.15) is 28.4 Å². The second-order valence-electron chi connectivity index (χ2n) is 6.65. The molecule has 3 aromatic carbocycles. The van der Waals surface area contributed by atoms with E-state index in [1.54, 1.807) is 18.3 Å². The predicted octanol–water partition coefficient (Wildman–Crippen LogP) is 5.80. The van der Waals surface area contributed by atoms with Crippen LogP contribution in [0.2, 0.25) is 0 Å². The van der Waals surface area contributed by atoms with Gasteiger partial charge in [-0.25, -0.2) is 4.39 Å². The zero-order chi connectivity index (χ0) is 19.3. The summed E-state index contributed by atoms with van der Waals surface area (Å²) in [7, 11) is 0. The van der Waals surface area contributed by atoms with Crippen molar-refractivity contribution in [3.8, 4) is 0 Å². The number of pyridine rings is 1. The minimum atomic E-state index is -0.298. The third kappa shape index (κ3) is 4.07. The highest BCUT2D eigenvalue weighted by Crippen LogP contribution is 2.26. The SMILES string of the molecule is O=C(CC(Nc1ccc2ncccc2c1)c1ccc(F)cc1)c1ccccc1. The van der Waals surface area contributed by atoms with Gasteiger partial charge in [-0.15, -0.1) is 0 Å². The van der Waals surface area contributed by atoms with E-state index in [-0.39, 0.29) is 24.1 Å². The summed E-state index contributed by atoms with van der Waals surface area (Å²) in [4.78, 5) is 17.1. The summed E-state index contributed by atoms with van der Waals surface area (Å²) in [6, 6.07) is 25.0. The first-order valence-electron chi connectivity index (χ1n) is 9.14. The number of carbonyl (C=O) groups is 1. The summed E-state index contributed by atoms with van der Waals surface area (Å²) >= 11 is 0. The van der Waals surface area contributed by atoms with Crippen molar-refractivity contribution < 1.29 is 9.18 Å². The maximum atomic E-state index is 13.4. The molecule has 0 spiro atoms. The standard InChI is InChI=1S/C24H19FN2O/c25-20-10-8-17(9-11-20)23(16-24(28)18-5-2-1-3-6-18)27-21-12-13-22-19(15-21)7-4-14-26-22/h1-15,23,27H,16H2. The minimum absolute atomic E-state index is 0.0323. The van der Waals surface area contributed by atoms with Crippen molar-refractivity contribution in [1.82, 2.24) is 4.98 Å². The molecule has 28 heavy (non-hydrogen) atoms. The number of hydrogen-bond donors (Lipinski definition) is 1. The lowest BCUT2D eigenvalue weighted by atomic mass is 9.97. The minimum Gasteiger partial charge on any atom is -0.378 e. The highest BCUT2D eigenvalue weighted by atomic mass is 19.1.